The van der Waals surface area contributed by atoms with Crippen LogP contribution in [0, 0.1) is 23.7 Å². The molecule has 3 fully saturated rings. The molecule has 3 heterocycles. The molecule has 4 rings (SSSR count). The second-order valence-corrected chi connectivity index (χ2v) is 10.8. The van der Waals surface area contributed by atoms with Crippen molar-refractivity contribution in [2.75, 3.05) is 19.8 Å². The van der Waals surface area contributed by atoms with Gasteiger partial charge in [0.05, 0.1) is 44.2 Å². The standard InChI is InChI=1S/C26H38O13/c1-4-13-14-6-19(29)35-10-16-11(2)5-18(28)26(16,34)12(3)8-36-23(33)15(14)9-37-24(13)39-25-22(32)21(31)20(30)17(7-27)38-25/h4,9,11-12,14,16-18,20-22,24-25,27-28,30-32,34H,5-8,10H2,1-3H3/b13-4+/t11?,12?,14-,16+,17?,18?,20?,21?,22?,24?,25?,26+/m0/s1. The maximum atomic E-state index is 13.1. The molecule has 0 amide bonds. The van der Waals surface area contributed by atoms with Crippen LogP contribution in [-0.2, 0) is 33.3 Å². The number of ether oxygens (including phenoxy) is 5. The molecule has 0 aromatic heterocycles. The largest absolute Gasteiger partial charge is 0.468 e. The van der Waals surface area contributed by atoms with Gasteiger partial charge in [-0.15, -0.1) is 0 Å². The summed E-state index contributed by atoms with van der Waals surface area (Å²) in [6.45, 7) is 4.14. The smallest absolute Gasteiger partial charge is 0.337 e. The van der Waals surface area contributed by atoms with E-state index in [4.69, 9.17) is 23.7 Å². The first-order chi connectivity index (χ1) is 18.4. The zero-order valence-electron chi connectivity index (χ0n) is 22.1. The van der Waals surface area contributed by atoms with Crippen molar-refractivity contribution in [3.8, 4) is 0 Å². The molecule has 0 spiro atoms. The molecule has 6 N–H and O–H groups in total. The molecule has 0 radical (unpaired) electrons. The van der Waals surface area contributed by atoms with E-state index >= 15 is 0 Å². The molecule has 39 heavy (non-hydrogen) atoms. The van der Waals surface area contributed by atoms with Crippen molar-refractivity contribution in [3.05, 3.63) is 23.5 Å². The Kier molecular flexibility index (Phi) is 9.03. The first kappa shape index (κ1) is 29.9. The Balaban J connectivity index is 1.58. The molecule has 13 heteroatoms. The van der Waals surface area contributed by atoms with Crippen molar-refractivity contribution < 1.29 is 63.9 Å². The van der Waals surface area contributed by atoms with E-state index in [1.54, 1.807) is 19.9 Å². The maximum Gasteiger partial charge on any atom is 0.337 e. The van der Waals surface area contributed by atoms with Crippen molar-refractivity contribution in [2.45, 2.75) is 82.3 Å². The monoisotopic (exact) mass is 558 g/mol. The van der Waals surface area contributed by atoms with Gasteiger partial charge in [-0.3, -0.25) is 4.79 Å². The van der Waals surface area contributed by atoms with Gasteiger partial charge in [0.15, 0.2) is 6.29 Å². The average Bonchev–Trinajstić information content (AvgIpc) is 3.13. The highest BCUT2D eigenvalue weighted by molar-refractivity contribution is 5.91. The van der Waals surface area contributed by atoms with E-state index in [1.165, 1.54) is 0 Å². The highest BCUT2D eigenvalue weighted by Crippen LogP contribution is 2.46. The minimum atomic E-state index is -1.69. The fourth-order valence-corrected chi connectivity index (χ4v) is 6.03. The van der Waals surface area contributed by atoms with E-state index in [0.717, 1.165) is 6.26 Å². The Morgan fingerprint density at radius 2 is 1.79 bits per heavy atom. The molecule has 2 saturated heterocycles. The van der Waals surface area contributed by atoms with Crippen molar-refractivity contribution >= 4 is 11.9 Å². The summed E-state index contributed by atoms with van der Waals surface area (Å²) in [5.74, 6) is -3.77. The Bertz CT molecular complexity index is 979. The van der Waals surface area contributed by atoms with Crippen LogP contribution in [0.15, 0.2) is 23.5 Å². The van der Waals surface area contributed by atoms with Gasteiger partial charge in [-0.2, -0.15) is 0 Å². The van der Waals surface area contributed by atoms with Crippen LogP contribution in [0.25, 0.3) is 0 Å². The predicted octanol–water partition coefficient (Wildman–Crippen LogP) is -1.52. The van der Waals surface area contributed by atoms with Gasteiger partial charge in [0.1, 0.15) is 30.0 Å². The number of fused-ring (bicyclic) bond motifs is 2. The Labute approximate surface area is 225 Å². The molecule has 9 unspecified atom stereocenters. The number of aliphatic hydroxyl groups is 6. The number of cyclic esters (lactones) is 2. The van der Waals surface area contributed by atoms with Crippen molar-refractivity contribution in [2.24, 2.45) is 23.7 Å². The predicted molar refractivity (Wildman–Crippen MR) is 129 cm³/mol. The van der Waals surface area contributed by atoms with Crippen LogP contribution in [0.3, 0.4) is 0 Å². The summed E-state index contributed by atoms with van der Waals surface area (Å²) in [5.41, 5.74) is -1.32. The topological polar surface area (TPSA) is 202 Å². The number of carbonyl (C=O) groups excluding carboxylic acids is 2. The first-order valence-electron chi connectivity index (χ1n) is 13.1. The lowest BCUT2D eigenvalue weighted by Gasteiger charge is -2.42. The van der Waals surface area contributed by atoms with Crippen LogP contribution >= 0.6 is 0 Å². The van der Waals surface area contributed by atoms with Gasteiger partial charge in [-0.1, -0.05) is 19.9 Å². The molecule has 13 nitrogen and oxygen atoms in total. The number of rotatable bonds is 3. The minimum absolute atomic E-state index is 0.00893. The van der Waals surface area contributed by atoms with E-state index in [1.807, 2.05) is 6.92 Å². The number of aliphatic hydroxyl groups excluding tert-OH is 5. The molecular formula is C26H38O13. The average molecular weight is 559 g/mol. The van der Waals surface area contributed by atoms with Gasteiger partial charge in [0.2, 0.25) is 6.29 Å². The first-order valence-corrected chi connectivity index (χ1v) is 13.1. The van der Waals surface area contributed by atoms with Crippen molar-refractivity contribution in [1.82, 2.24) is 0 Å². The summed E-state index contributed by atoms with van der Waals surface area (Å²) in [5, 5.41) is 62.0. The van der Waals surface area contributed by atoms with Gasteiger partial charge in [0.25, 0.3) is 0 Å². The van der Waals surface area contributed by atoms with Gasteiger partial charge in [-0.25, -0.2) is 4.79 Å². The van der Waals surface area contributed by atoms with Gasteiger partial charge >= 0.3 is 11.9 Å². The summed E-state index contributed by atoms with van der Waals surface area (Å²) < 4.78 is 27.8. The molecule has 1 saturated carbocycles. The van der Waals surface area contributed by atoms with Crippen molar-refractivity contribution in [3.63, 3.8) is 0 Å². The number of esters is 2. The molecule has 1 aliphatic carbocycles. The summed E-state index contributed by atoms with van der Waals surface area (Å²) in [6.07, 6.45) is -7.38. The number of hydrogen-bond donors (Lipinski definition) is 6. The number of allylic oxidation sites excluding steroid dienone is 1. The second-order valence-electron chi connectivity index (χ2n) is 10.8. The molecule has 4 aliphatic rings. The van der Waals surface area contributed by atoms with E-state index in [2.05, 4.69) is 0 Å². The van der Waals surface area contributed by atoms with Crippen LogP contribution in [0.1, 0.15) is 33.6 Å². The normalized spacial score (nSPS) is 46.5. The van der Waals surface area contributed by atoms with E-state index in [0.29, 0.717) is 12.0 Å². The van der Waals surface area contributed by atoms with Crippen LogP contribution in [0.2, 0.25) is 0 Å². The van der Waals surface area contributed by atoms with Crippen molar-refractivity contribution in [1.29, 1.82) is 0 Å². The van der Waals surface area contributed by atoms with Crippen LogP contribution in [-0.4, -0.2) is 111 Å². The zero-order chi connectivity index (χ0) is 28.6. The lowest BCUT2D eigenvalue weighted by molar-refractivity contribution is -0.327. The fraction of sp³-hybridized carbons (Fsp3) is 0.769. The highest BCUT2D eigenvalue weighted by Gasteiger charge is 2.56. The van der Waals surface area contributed by atoms with Crippen LogP contribution < -0.4 is 0 Å². The fourth-order valence-electron chi connectivity index (χ4n) is 6.03. The third-order valence-electron chi connectivity index (χ3n) is 8.50. The molecule has 220 valence electrons. The van der Waals surface area contributed by atoms with Gasteiger partial charge in [-0.05, 0) is 19.3 Å². The lowest BCUT2D eigenvalue weighted by atomic mass is 9.77. The second kappa shape index (κ2) is 11.8. The van der Waals surface area contributed by atoms with Crippen LogP contribution in [0.4, 0.5) is 0 Å². The van der Waals surface area contributed by atoms with Gasteiger partial charge < -0.3 is 54.3 Å². The Hall–Kier alpha value is -2.10. The van der Waals surface area contributed by atoms with E-state index < -0.39 is 85.0 Å². The maximum absolute atomic E-state index is 13.1. The Morgan fingerprint density at radius 3 is 2.46 bits per heavy atom. The molecule has 0 bridgehead atoms. The minimum Gasteiger partial charge on any atom is -0.468 e. The third kappa shape index (κ3) is 5.46. The van der Waals surface area contributed by atoms with Gasteiger partial charge in [0, 0.05) is 23.3 Å². The number of hydrogen-bond acceptors (Lipinski definition) is 13. The summed E-state index contributed by atoms with van der Waals surface area (Å²) in [4.78, 5) is 26.1. The summed E-state index contributed by atoms with van der Waals surface area (Å²) in [7, 11) is 0. The molecule has 0 aromatic rings. The summed E-state index contributed by atoms with van der Waals surface area (Å²) >= 11 is 0. The Morgan fingerprint density at radius 1 is 1.08 bits per heavy atom. The lowest BCUT2D eigenvalue weighted by Crippen LogP contribution is -2.60. The van der Waals surface area contributed by atoms with Crippen LogP contribution in [0.5, 0.6) is 0 Å². The third-order valence-corrected chi connectivity index (χ3v) is 8.50. The van der Waals surface area contributed by atoms with E-state index in [-0.39, 0.29) is 31.1 Å². The number of carbonyl (C=O) groups is 2. The quantitative estimate of drug-likeness (QED) is 0.172. The van der Waals surface area contributed by atoms with E-state index in [9.17, 15) is 40.2 Å². The highest BCUT2D eigenvalue weighted by atomic mass is 16.8. The zero-order valence-corrected chi connectivity index (χ0v) is 22.1. The SMILES string of the molecule is C/C=C1/C(OC2OC(CO)C(O)C(O)C2O)OC=C2C(=O)OCC(C)[C@]3(O)C(O)CC(C)[C@H]3COC(=O)C[C@H]21. The molecule has 12 atom stereocenters. The molecular weight excluding hydrogens is 520 g/mol. The molecule has 0 aromatic carbocycles. The summed E-state index contributed by atoms with van der Waals surface area (Å²) in [6, 6.07) is 0. The molecule has 3 aliphatic heterocycles.